The number of nitrogens with one attached hydrogen (secondary N) is 1. The van der Waals surface area contributed by atoms with Gasteiger partial charge in [-0.1, -0.05) is 18.2 Å². The molecule has 3 rings (SSSR count). The first-order valence-electron chi connectivity index (χ1n) is 7.91. The lowest BCUT2D eigenvalue weighted by atomic mass is 10.2. The van der Waals surface area contributed by atoms with Gasteiger partial charge in [0.1, 0.15) is 10.6 Å². The minimum Gasteiger partial charge on any atom is -0.364 e. The summed E-state index contributed by atoms with van der Waals surface area (Å²) in [6.45, 7) is 0.212. The van der Waals surface area contributed by atoms with Crippen LogP contribution in [0.2, 0.25) is 0 Å². The predicted molar refractivity (Wildman–Crippen MR) is 96.4 cm³/mol. The van der Waals surface area contributed by atoms with Gasteiger partial charge in [0.15, 0.2) is 0 Å². The van der Waals surface area contributed by atoms with Crippen LogP contribution >= 0.6 is 0 Å². The Labute approximate surface area is 151 Å². The number of sulfonamides is 1. The van der Waals surface area contributed by atoms with E-state index in [2.05, 4.69) is 9.82 Å². The minimum atomic E-state index is -3.72. The van der Waals surface area contributed by atoms with Crippen molar-refractivity contribution in [2.75, 3.05) is 6.54 Å². The van der Waals surface area contributed by atoms with Crippen molar-refractivity contribution in [3.63, 3.8) is 0 Å². The van der Waals surface area contributed by atoms with Crippen LogP contribution in [-0.4, -0.2) is 35.2 Å². The molecule has 2 aromatic heterocycles. The van der Waals surface area contributed by atoms with Gasteiger partial charge in [-0.05, 0) is 30.2 Å². The molecule has 26 heavy (non-hydrogen) atoms. The summed E-state index contributed by atoms with van der Waals surface area (Å²) in [6, 6.07) is 10.9. The summed E-state index contributed by atoms with van der Waals surface area (Å²) in [7, 11) is -2.15. The van der Waals surface area contributed by atoms with E-state index in [9.17, 15) is 13.2 Å². The van der Waals surface area contributed by atoms with Crippen molar-refractivity contribution in [3.8, 4) is 5.69 Å². The molecular formula is C17H19N5O3S. The van der Waals surface area contributed by atoms with Crippen LogP contribution in [0.15, 0.2) is 59.9 Å². The average Bonchev–Trinajstić information content (AvgIpc) is 3.23. The molecule has 0 unspecified atom stereocenters. The largest absolute Gasteiger partial charge is 0.364 e. The molecule has 0 aliphatic carbocycles. The lowest BCUT2D eigenvalue weighted by Gasteiger charge is -2.03. The molecule has 0 aliphatic rings. The second-order valence-electron chi connectivity index (χ2n) is 5.81. The molecular weight excluding hydrogens is 354 g/mol. The summed E-state index contributed by atoms with van der Waals surface area (Å²) < 4.78 is 30.3. The SMILES string of the molecule is Cn1cc(S(=O)(=O)NCCc2cnn(-c3ccccc3)c2)cc1C(N)=O. The van der Waals surface area contributed by atoms with Crippen molar-refractivity contribution in [1.29, 1.82) is 0 Å². The number of rotatable bonds is 7. The number of primary amides is 1. The Morgan fingerprint density at radius 3 is 2.62 bits per heavy atom. The lowest BCUT2D eigenvalue weighted by molar-refractivity contribution is 0.0992. The van der Waals surface area contributed by atoms with E-state index in [-0.39, 0.29) is 17.1 Å². The summed E-state index contributed by atoms with van der Waals surface area (Å²) >= 11 is 0. The highest BCUT2D eigenvalue weighted by Gasteiger charge is 2.19. The zero-order valence-corrected chi connectivity index (χ0v) is 15.0. The first kappa shape index (κ1) is 17.9. The molecule has 9 heteroatoms. The Morgan fingerprint density at radius 1 is 1.23 bits per heavy atom. The number of aromatic nitrogens is 3. The zero-order chi connectivity index (χ0) is 18.7. The van der Waals surface area contributed by atoms with E-state index in [0.29, 0.717) is 6.42 Å². The molecule has 2 heterocycles. The fraction of sp³-hybridized carbons (Fsp3) is 0.176. The van der Waals surface area contributed by atoms with Gasteiger partial charge in [-0.2, -0.15) is 5.10 Å². The molecule has 8 nitrogen and oxygen atoms in total. The third kappa shape index (κ3) is 3.84. The molecule has 0 radical (unpaired) electrons. The quantitative estimate of drug-likeness (QED) is 0.639. The van der Waals surface area contributed by atoms with E-state index >= 15 is 0 Å². The van der Waals surface area contributed by atoms with Crippen molar-refractivity contribution >= 4 is 15.9 Å². The molecule has 3 N–H and O–H groups in total. The highest BCUT2D eigenvalue weighted by atomic mass is 32.2. The Morgan fingerprint density at radius 2 is 1.96 bits per heavy atom. The number of aryl methyl sites for hydroxylation is 1. The molecule has 0 fully saturated rings. The van der Waals surface area contributed by atoms with Gasteiger partial charge < -0.3 is 10.3 Å². The molecule has 0 aliphatic heterocycles. The van der Waals surface area contributed by atoms with Crippen LogP contribution in [0.3, 0.4) is 0 Å². The second kappa shape index (κ2) is 7.14. The van der Waals surface area contributed by atoms with Gasteiger partial charge in [-0.3, -0.25) is 4.79 Å². The zero-order valence-electron chi connectivity index (χ0n) is 14.2. The topological polar surface area (TPSA) is 112 Å². The van der Waals surface area contributed by atoms with Crippen LogP contribution in [0.4, 0.5) is 0 Å². The smallest absolute Gasteiger partial charge is 0.265 e. The first-order valence-corrected chi connectivity index (χ1v) is 9.40. The number of amides is 1. The molecule has 1 amide bonds. The van der Waals surface area contributed by atoms with Crippen LogP contribution in [0.5, 0.6) is 0 Å². The maximum atomic E-state index is 12.3. The Kier molecular flexibility index (Phi) is 4.92. The number of benzene rings is 1. The number of hydrogen-bond acceptors (Lipinski definition) is 4. The molecule has 0 saturated carbocycles. The average molecular weight is 373 g/mol. The normalized spacial score (nSPS) is 11.6. The summed E-state index contributed by atoms with van der Waals surface area (Å²) in [5.74, 6) is -0.678. The summed E-state index contributed by atoms with van der Waals surface area (Å²) in [4.78, 5) is 11.3. The van der Waals surface area contributed by atoms with Crippen molar-refractivity contribution in [2.24, 2.45) is 12.8 Å². The number of para-hydroxylation sites is 1. The van der Waals surface area contributed by atoms with Gasteiger partial charge in [-0.25, -0.2) is 17.8 Å². The Hall–Kier alpha value is -2.91. The van der Waals surface area contributed by atoms with Crippen molar-refractivity contribution in [1.82, 2.24) is 19.1 Å². The molecule has 3 aromatic rings. The van der Waals surface area contributed by atoms with E-state index in [1.807, 2.05) is 36.5 Å². The van der Waals surface area contributed by atoms with Gasteiger partial charge in [0.2, 0.25) is 10.0 Å². The van der Waals surface area contributed by atoms with Crippen LogP contribution in [-0.2, 0) is 23.5 Å². The predicted octanol–water partition coefficient (Wildman–Crippen LogP) is 0.831. The summed E-state index contributed by atoms with van der Waals surface area (Å²) in [5, 5.41) is 4.28. The second-order valence-corrected chi connectivity index (χ2v) is 7.58. The molecule has 1 aromatic carbocycles. The van der Waals surface area contributed by atoms with Crippen molar-refractivity contribution in [2.45, 2.75) is 11.3 Å². The summed E-state index contributed by atoms with van der Waals surface area (Å²) in [6.07, 6.45) is 5.41. The van der Waals surface area contributed by atoms with Gasteiger partial charge in [-0.15, -0.1) is 0 Å². The van der Waals surface area contributed by atoms with E-state index in [1.165, 1.54) is 16.8 Å². The monoisotopic (exact) mass is 373 g/mol. The fourth-order valence-electron chi connectivity index (χ4n) is 2.55. The maximum Gasteiger partial charge on any atom is 0.265 e. The highest BCUT2D eigenvalue weighted by Crippen LogP contribution is 2.13. The number of carbonyl (C=O) groups excluding carboxylic acids is 1. The number of carbonyl (C=O) groups is 1. The fourth-order valence-corrected chi connectivity index (χ4v) is 3.65. The van der Waals surface area contributed by atoms with Crippen LogP contribution in [0, 0.1) is 0 Å². The molecule has 0 saturated heterocycles. The summed E-state index contributed by atoms with van der Waals surface area (Å²) in [5.41, 5.74) is 7.19. The van der Waals surface area contributed by atoms with Crippen LogP contribution < -0.4 is 10.5 Å². The highest BCUT2D eigenvalue weighted by molar-refractivity contribution is 7.89. The van der Waals surface area contributed by atoms with Crippen molar-refractivity contribution < 1.29 is 13.2 Å². The Bertz CT molecular complexity index is 1020. The van der Waals surface area contributed by atoms with Crippen LogP contribution in [0.1, 0.15) is 16.1 Å². The van der Waals surface area contributed by atoms with E-state index in [0.717, 1.165) is 11.3 Å². The lowest BCUT2D eigenvalue weighted by Crippen LogP contribution is -2.25. The molecule has 0 bridgehead atoms. The molecule has 0 spiro atoms. The Balaban J connectivity index is 1.63. The van der Waals surface area contributed by atoms with E-state index in [1.54, 1.807) is 17.9 Å². The number of nitrogens with two attached hydrogens (primary N) is 1. The third-order valence-corrected chi connectivity index (χ3v) is 5.33. The minimum absolute atomic E-state index is 0.00813. The van der Waals surface area contributed by atoms with E-state index in [4.69, 9.17) is 5.73 Å². The van der Waals surface area contributed by atoms with Crippen LogP contribution in [0.25, 0.3) is 5.69 Å². The van der Waals surface area contributed by atoms with Gasteiger partial charge in [0.05, 0.1) is 11.9 Å². The molecule has 0 atom stereocenters. The number of nitrogens with zero attached hydrogens (tertiary/aromatic N) is 3. The van der Waals surface area contributed by atoms with E-state index < -0.39 is 15.9 Å². The van der Waals surface area contributed by atoms with Gasteiger partial charge in [0.25, 0.3) is 5.91 Å². The van der Waals surface area contributed by atoms with Gasteiger partial charge >= 0.3 is 0 Å². The standard InChI is InChI=1S/C17H19N5O3S/c1-21-12-15(9-16(21)17(18)23)26(24,25)20-8-7-13-10-19-22(11-13)14-5-3-2-4-6-14/h2-6,9-12,20H,7-8H2,1H3,(H2,18,23). The number of hydrogen-bond donors (Lipinski definition) is 2. The van der Waals surface area contributed by atoms with Gasteiger partial charge in [0, 0.05) is 26.0 Å². The van der Waals surface area contributed by atoms with Crippen molar-refractivity contribution in [3.05, 3.63) is 66.2 Å². The molecule has 136 valence electrons. The third-order valence-electron chi connectivity index (χ3n) is 3.91. The maximum absolute atomic E-state index is 12.3. The first-order chi connectivity index (χ1) is 12.4.